The molecule has 0 unspecified atom stereocenters. The van der Waals surface area contributed by atoms with Gasteiger partial charge in [-0.2, -0.15) is 0 Å². The van der Waals surface area contributed by atoms with Gasteiger partial charge in [0.05, 0.1) is 13.2 Å². The van der Waals surface area contributed by atoms with Gasteiger partial charge in [0.1, 0.15) is 11.5 Å². The van der Waals surface area contributed by atoms with Gasteiger partial charge in [0, 0.05) is 6.54 Å². The summed E-state index contributed by atoms with van der Waals surface area (Å²) in [6, 6.07) is 14.2. The van der Waals surface area contributed by atoms with Crippen molar-refractivity contribution in [2.24, 2.45) is 0 Å². The minimum absolute atomic E-state index is 0.0938. The largest absolute Gasteiger partial charge is 0.497 e. The number of likely N-dealkylation sites (tertiary alicyclic amines) is 1. The van der Waals surface area contributed by atoms with Crippen LogP contribution in [0.2, 0.25) is 0 Å². The zero-order chi connectivity index (χ0) is 21.5. The average Bonchev–Trinajstić information content (AvgIpc) is 2.77. The zero-order valence-electron chi connectivity index (χ0n) is 18.6. The Bertz CT molecular complexity index is 829. The molecular weight excluding hydrogens is 376 g/mol. The van der Waals surface area contributed by atoms with Gasteiger partial charge in [-0.15, -0.1) is 0 Å². The molecule has 0 radical (unpaired) electrons. The number of amides is 1. The number of nitrogens with one attached hydrogen (secondary N) is 1. The molecular formula is C25H34N2O3. The highest BCUT2D eigenvalue weighted by molar-refractivity contribution is 5.80. The molecule has 2 aromatic carbocycles. The maximum Gasteiger partial charge on any atom is 0.260 e. The molecule has 162 valence electrons. The Morgan fingerprint density at radius 3 is 2.30 bits per heavy atom. The fraction of sp³-hybridized carbons (Fsp3) is 0.480. The number of hydrogen-bond donors (Lipinski definition) is 1. The third-order valence-electron chi connectivity index (χ3n) is 5.96. The smallest absolute Gasteiger partial charge is 0.260 e. The van der Waals surface area contributed by atoms with Crippen LogP contribution in [0.3, 0.4) is 0 Å². The van der Waals surface area contributed by atoms with Crippen LogP contribution in [-0.2, 0) is 4.79 Å². The Balaban J connectivity index is 1.64. The Morgan fingerprint density at radius 1 is 1.00 bits per heavy atom. The monoisotopic (exact) mass is 410 g/mol. The average molecular weight is 411 g/mol. The molecule has 0 bridgehead atoms. The molecule has 2 aromatic rings. The van der Waals surface area contributed by atoms with Gasteiger partial charge in [-0.1, -0.05) is 24.6 Å². The second-order valence-electron chi connectivity index (χ2n) is 8.14. The first-order chi connectivity index (χ1) is 14.5. The second-order valence-corrected chi connectivity index (χ2v) is 8.14. The van der Waals surface area contributed by atoms with E-state index in [0.29, 0.717) is 6.54 Å². The van der Waals surface area contributed by atoms with E-state index in [-0.39, 0.29) is 11.9 Å². The molecule has 3 rings (SSSR count). The molecule has 0 aliphatic carbocycles. The molecule has 1 aliphatic rings. The molecule has 1 N–H and O–H groups in total. The van der Waals surface area contributed by atoms with Gasteiger partial charge in [0.15, 0.2) is 6.10 Å². The number of rotatable bonds is 8. The van der Waals surface area contributed by atoms with Crippen molar-refractivity contribution in [3.63, 3.8) is 0 Å². The summed E-state index contributed by atoms with van der Waals surface area (Å²) in [5.41, 5.74) is 3.56. The van der Waals surface area contributed by atoms with Crippen LogP contribution in [-0.4, -0.2) is 43.7 Å². The number of ether oxygens (including phenoxy) is 2. The summed E-state index contributed by atoms with van der Waals surface area (Å²) in [6.07, 6.45) is 3.13. The Kier molecular flexibility index (Phi) is 7.75. The van der Waals surface area contributed by atoms with Crippen molar-refractivity contribution in [2.45, 2.75) is 52.2 Å². The molecule has 1 amide bonds. The van der Waals surface area contributed by atoms with E-state index in [1.807, 2.05) is 37.3 Å². The lowest BCUT2D eigenvalue weighted by atomic mass is 10.0. The normalized spacial score (nSPS) is 16.5. The van der Waals surface area contributed by atoms with Crippen LogP contribution in [0.1, 0.15) is 48.9 Å². The van der Waals surface area contributed by atoms with E-state index < -0.39 is 6.10 Å². The fourth-order valence-electron chi connectivity index (χ4n) is 3.90. The van der Waals surface area contributed by atoms with E-state index in [0.717, 1.165) is 30.2 Å². The van der Waals surface area contributed by atoms with Crippen molar-refractivity contribution >= 4 is 5.91 Å². The maximum atomic E-state index is 12.7. The van der Waals surface area contributed by atoms with Crippen molar-refractivity contribution in [3.8, 4) is 11.5 Å². The molecule has 2 atom stereocenters. The number of carbonyl (C=O) groups is 1. The minimum Gasteiger partial charge on any atom is -0.497 e. The molecule has 1 aliphatic heterocycles. The molecule has 0 aromatic heterocycles. The summed E-state index contributed by atoms with van der Waals surface area (Å²) >= 11 is 0. The second kappa shape index (κ2) is 10.5. The summed E-state index contributed by atoms with van der Waals surface area (Å²) in [5, 5.41) is 3.12. The zero-order valence-corrected chi connectivity index (χ0v) is 18.6. The third kappa shape index (κ3) is 5.76. The Morgan fingerprint density at radius 2 is 1.67 bits per heavy atom. The van der Waals surface area contributed by atoms with Crippen LogP contribution in [0.15, 0.2) is 42.5 Å². The van der Waals surface area contributed by atoms with Gasteiger partial charge >= 0.3 is 0 Å². The Hall–Kier alpha value is -2.53. The summed E-state index contributed by atoms with van der Waals surface area (Å²) < 4.78 is 11.2. The molecule has 1 fully saturated rings. The van der Waals surface area contributed by atoms with Gasteiger partial charge < -0.3 is 14.8 Å². The summed E-state index contributed by atoms with van der Waals surface area (Å²) in [5.74, 6) is 1.47. The van der Waals surface area contributed by atoms with Crippen LogP contribution in [0, 0.1) is 13.8 Å². The lowest BCUT2D eigenvalue weighted by Crippen LogP contribution is -2.43. The van der Waals surface area contributed by atoms with E-state index in [2.05, 4.69) is 29.3 Å². The predicted molar refractivity (Wildman–Crippen MR) is 120 cm³/mol. The van der Waals surface area contributed by atoms with Gasteiger partial charge in [-0.25, -0.2) is 0 Å². The summed E-state index contributed by atoms with van der Waals surface area (Å²) in [4.78, 5) is 15.2. The first kappa shape index (κ1) is 22.2. The van der Waals surface area contributed by atoms with Crippen LogP contribution in [0.5, 0.6) is 11.5 Å². The lowest BCUT2D eigenvalue weighted by molar-refractivity contribution is -0.127. The van der Waals surface area contributed by atoms with E-state index in [1.54, 1.807) is 14.0 Å². The van der Waals surface area contributed by atoms with Crippen molar-refractivity contribution in [1.82, 2.24) is 10.2 Å². The molecule has 5 nitrogen and oxygen atoms in total. The number of carbonyl (C=O) groups excluding carboxylic acids is 1. The third-order valence-corrected chi connectivity index (χ3v) is 5.96. The van der Waals surface area contributed by atoms with Crippen molar-refractivity contribution in [3.05, 3.63) is 59.2 Å². The first-order valence-electron chi connectivity index (χ1n) is 10.9. The number of benzene rings is 2. The number of methoxy groups -OCH3 is 1. The molecule has 0 saturated carbocycles. The van der Waals surface area contributed by atoms with E-state index in [1.165, 1.54) is 30.4 Å². The Labute approximate surface area is 180 Å². The molecule has 1 saturated heterocycles. The highest BCUT2D eigenvalue weighted by Crippen LogP contribution is 2.26. The lowest BCUT2D eigenvalue weighted by Gasteiger charge is -2.35. The van der Waals surface area contributed by atoms with Crippen molar-refractivity contribution in [2.75, 3.05) is 26.7 Å². The van der Waals surface area contributed by atoms with Crippen LogP contribution in [0.25, 0.3) is 0 Å². The topological polar surface area (TPSA) is 50.8 Å². The summed E-state index contributed by atoms with van der Waals surface area (Å²) in [6.45, 7) is 8.59. The quantitative estimate of drug-likeness (QED) is 0.700. The summed E-state index contributed by atoms with van der Waals surface area (Å²) in [7, 11) is 1.67. The fourth-order valence-corrected chi connectivity index (χ4v) is 3.90. The highest BCUT2D eigenvalue weighted by atomic mass is 16.5. The van der Waals surface area contributed by atoms with E-state index in [4.69, 9.17) is 9.47 Å². The van der Waals surface area contributed by atoms with Crippen LogP contribution < -0.4 is 14.8 Å². The first-order valence-corrected chi connectivity index (χ1v) is 10.9. The number of piperidine rings is 1. The van der Waals surface area contributed by atoms with Crippen molar-refractivity contribution in [1.29, 1.82) is 0 Å². The number of aryl methyl sites for hydroxylation is 2. The van der Waals surface area contributed by atoms with Crippen molar-refractivity contribution < 1.29 is 14.3 Å². The van der Waals surface area contributed by atoms with Crippen LogP contribution >= 0.6 is 0 Å². The standard InChI is InChI=1S/C25H34N2O3/c1-18-8-11-23(16-19(18)2)30-20(3)25(28)26-17-24(27-14-6-5-7-15-27)21-9-12-22(29-4)13-10-21/h8-13,16,20,24H,5-7,14-15,17H2,1-4H3,(H,26,28)/t20-,24-/m0/s1. The van der Waals surface area contributed by atoms with E-state index >= 15 is 0 Å². The minimum atomic E-state index is -0.551. The maximum absolute atomic E-state index is 12.7. The van der Waals surface area contributed by atoms with Gasteiger partial charge in [-0.3, -0.25) is 9.69 Å². The number of hydrogen-bond acceptors (Lipinski definition) is 4. The molecule has 1 heterocycles. The van der Waals surface area contributed by atoms with Gasteiger partial charge in [0.2, 0.25) is 0 Å². The van der Waals surface area contributed by atoms with Gasteiger partial charge in [0.25, 0.3) is 5.91 Å². The SMILES string of the molecule is COc1ccc([C@H](CNC(=O)[C@H](C)Oc2ccc(C)c(C)c2)N2CCCCC2)cc1. The van der Waals surface area contributed by atoms with Crippen LogP contribution in [0.4, 0.5) is 0 Å². The highest BCUT2D eigenvalue weighted by Gasteiger charge is 2.24. The van der Waals surface area contributed by atoms with E-state index in [9.17, 15) is 4.79 Å². The predicted octanol–water partition coefficient (Wildman–Crippen LogP) is 4.42. The molecule has 30 heavy (non-hydrogen) atoms. The van der Waals surface area contributed by atoms with Gasteiger partial charge in [-0.05, 0) is 87.7 Å². The molecule has 5 heteroatoms. The molecule has 0 spiro atoms. The number of nitrogens with zero attached hydrogens (tertiary/aromatic N) is 1.